The summed E-state index contributed by atoms with van der Waals surface area (Å²) in [6, 6.07) is 4.74. The number of urea groups is 1. The number of benzene rings is 1. The lowest BCUT2D eigenvalue weighted by atomic mass is 10.1. The molecule has 0 spiro atoms. The van der Waals surface area contributed by atoms with E-state index in [1.54, 1.807) is 18.2 Å². The van der Waals surface area contributed by atoms with Crippen LogP contribution in [0.1, 0.15) is 12.5 Å². The van der Waals surface area contributed by atoms with E-state index in [4.69, 9.17) is 5.11 Å². The molecule has 0 saturated carbocycles. The van der Waals surface area contributed by atoms with Crippen molar-refractivity contribution in [3.63, 3.8) is 0 Å². The van der Waals surface area contributed by atoms with Crippen LogP contribution < -0.4 is 10.6 Å². The zero-order chi connectivity index (χ0) is 13.5. The lowest BCUT2D eigenvalue weighted by Crippen LogP contribution is -2.44. The molecule has 0 aliphatic rings. The Balaban J connectivity index is 2.32. The topological polar surface area (TPSA) is 78.4 Å². The Bertz CT molecular complexity index is 437. The molecule has 1 aromatic rings. The van der Waals surface area contributed by atoms with Crippen molar-refractivity contribution in [1.82, 2.24) is 10.6 Å². The summed E-state index contributed by atoms with van der Waals surface area (Å²) in [5, 5.41) is 13.3. The number of hydrogen-bond donors (Lipinski definition) is 3. The van der Waals surface area contributed by atoms with Gasteiger partial charge in [-0.3, -0.25) is 4.79 Å². The fraction of sp³-hybridized carbons (Fsp3) is 0.333. The first-order valence-electron chi connectivity index (χ1n) is 5.51. The monoisotopic (exact) mass is 254 g/mol. The quantitative estimate of drug-likeness (QED) is 0.737. The van der Waals surface area contributed by atoms with Gasteiger partial charge in [0.25, 0.3) is 0 Å². The Hall–Kier alpha value is -2.11. The van der Waals surface area contributed by atoms with Crippen molar-refractivity contribution >= 4 is 12.0 Å². The maximum Gasteiger partial charge on any atom is 0.325 e. The van der Waals surface area contributed by atoms with Gasteiger partial charge in [-0.15, -0.1) is 0 Å². The largest absolute Gasteiger partial charge is 0.480 e. The van der Waals surface area contributed by atoms with Gasteiger partial charge in [0.1, 0.15) is 11.9 Å². The molecule has 1 aromatic carbocycles. The predicted octanol–water partition coefficient (Wildman–Crippen LogP) is 1.14. The third-order valence-electron chi connectivity index (χ3n) is 2.36. The molecule has 98 valence electrons. The molecule has 0 unspecified atom stereocenters. The molecule has 6 heteroatoms. The average molecular weight is 254 g/mol. The summed E-state index contributed by atoms with van der Waals surface area (Å²) in [6.07, 6.45) is 0.349. The Morgan fingerprint density at radius 3 is 2.67 bits per heavy atom. The van der Waals surface area contributed by atoms with Gasteiger partial charge in [-0.05, 0) is 25.0 Å². The molecule has 5 nitrogen and oxygen atoms in total. The van der Waals surface area contributed by atoms with Crippen molar-refractivity contribution in [1.29, 1.82) is 0 Å². The molecule has 0 saturated heterocycles. The van der Waals surface area contributed by atoms with Crippen LogP contribution in [0.5, 0.6) is 0 Å². The molecule has 0 radical (unpaired) electrons. The second kappa shape index (κ2) is 6.58. The van der Waals surface area contributed by atoms with Crippen molar-refractivity contribution in [2.45, 2.75) is 19.4 Å². The van der Waals surface area contributed by atoms with Crippen molar-refractivity contribution in [3.05, 3.63) is 35.6 Å². The van der Waals surface area contributed by atoms with E-state index in [2.05, 4.69) is 10.6 Å². The minimum atomic E-state index is -1.11. The highest BCUT2D eigenvalue weighted by Crippen LogP contribution is 2.05. The summed E-state index contributed by atoms with van der Waals surface area (Å²) in [5.41, 5.74) is 0.504. The number of nitrogens with one attached hydrogen (secondary N) is 2. The van der Waals surface area contributed by atoms with Crippen molar-refractivity contribution in [2.75, 3.05) is 6.54 Å². The van der Waals surface area contributed by atoms with Crippen molar-refractivity contribution < 1.29 is 19.1 Å². The molecule has 18 heavy (non-hydrogen) atoms. The number of aliphatic carboxylic acids is 1. The highest BCUT2D eigenvalue weighted by atomic mass is 19.1. The van der Waals surface area contributed by atoms with E-state index in [0.29, 0.717) is 12.0 Å². The third-order valence-corrected chi connectivity index (χ3v) is 2.36. The molecule has 0 bridgehead atoms. The Morgan fingerprint density at radius 1 is 1.39 bits per heavy atom. The predicted molar refractivity (Wildman–Crippen MR) is 63.7 cm³/mol. The maximum absolute atomic E-state index is 13.2. The number of carbonyl (C=O) groups is 2. The number of carboxylic acids is 1. The zero-order valence-electron chi connectivity index (χ0n) is 9.94. The first kappa shape index (κ1) is 14.0. The van der Waals surface area contributed by atoms with Crippen LogP contribution in [-0.4, -0.2) is 29.7 Å². The molecular weight excluding hydrogens is 239 g/mol. The van der Waals surface area contributed by atoms with Crippen LogP contribution >= 0.6 is 0 Å². The van der Waals surface area contributed by atoms with Crippen LogP contribution in [0.4, 0.5) is 9.18 Å². The number of amides is 2. The number of hydrogen-bond acceptors (Lipinski definition) is 2. The lowest BCUT2D eigenvalue weighted by Gasteiger charge is -2.10. The standard InChI is InChI=1S/C12H15FN2O3/c1-8(11(16)17)15-12(18)14-7-6-9-4-2-3-5-10(9)13/h2-5,8H,6-7H2,1H3,(H,16,17)(H2,14,15,18)/t8-/m1/s1. The minimum Gasteiger partial charge on any atom is -0.480 e. The summed E-state index contributed by atoms with van der Waals surface area (Å²) >= 11 is 0. The Kier molecular flexibility index (Phi) is 5.10. The van der Waals surface area contributed by atoms with Gasteiger partial charge in [-0.1, -0.05) is 18.2 Å². The highest BCUT2D eigenvalue weighted by Gasteiger charge is 2.13. The summed E-state index contributed by atoms with van der Waals surface area (Å²) in [4.78, 5) is 21.7. The van der Waals surface area contributed by atoms with E-state index in [1.165, 1.54) is 13.0 Å². The van der Waals surface area contributed by atoms with Crippen LogP contribution in [0.2, 0.25) is 0 Å². The van der Waals surface area contributed by atoms with E-state index >= 15 is 0 Å². The van der Waals surface area contributed by atoms with Crippen LogP contribution in [0, 0.1) is 5.82 Å². The van der Waals surface area contributed by atoms with E-state index in [0.717, 1.165) is 0 Å². The Labute approximate surface area is 104 Å². The molecule has 2 amide bonds. The van der Waals surface area contributed by atoms with Gasteiger partial charge in [0, 0.05) is 6.54 Å². The molecular formula is C12H15FN2O3. The second-order valence-corrected chi connectivity index (χ2v) is 3.80. The molecule has 0 aliphatic carbocycles. The van der Waals surface area contributed by atoms with Crippen LogP contribution in [0.25, 0.3) is 0 Å². The fourth-order valence-corrected chi connectivity index (χ4v) is 1.32. The lowest BCUT2D eigenvalue weighted by molar-refractivity contribution is -0.138. The van der Waals surface area contributed by atoms with Gasteiger partial charge >= 0.3 is 12.0 Å². The fourth-order valence-electron chi connectivity index (χ4n) is 1.32. The summed E-state index contributed by atoms with van der Waals surface area (Å²) in [6.45, 7) is 1.60. The highest BCUT2D eigenvalue weighted by molar-refractivity contribution is 5.82. The average Bonchev–Trinajstić information content (AvgIpc) is 2.31. The maximum atomic E-state index is 13.2. The SMILES string of the molecule is C[C@@H](NC(=O)NCCc1ccccc1F)C(=O)O. The number of carbonyl (C=O) groups excluding carboxylic acids is 1. The molecule has 0 heterocycles. The number of rotatable bonds is 5. The van der Waals surface area contributed by atoms with Gasteiger partial charge in [-0.2, -0.15) is 0 Å². The molecule has 0 aromatic heterocycles. The van der Waals surface area contributed by atoms with Gasteiger partial charge in [0.05, 0.1) is 0 Å². The van der Waals surface area contributed by atoms with Gasteiger partial charge in [0.2, 0.25) is 0 Å². The van der Waals surface area contributed by atoms with Gasteiger partial charge in [-0.25, -0.2) is 9.18 Å². The van der Waals surface area contributed by atoms with Crippen LogP contribution in [0.3, 0.4) is 0 Å². The van der Waals surface area contributed by atoms with Gasteiger partial charge in [0.15, 0.2) is 0 Å². The second-order valence-electron chi connectivity index (χ2n) is 3.80. The van der Waals surface area contributed by atoms with Crippen LogP contribution in [-0.2, 0) is 11.2 Å². The number of carboxylic acid groups (broad SMARTS) is 1. The van der Waals surface area contributed by atoms with Crippen molar-refractivity contribution in [2.24, 2.45) is 0 Å². The smallest absolute Gasteiger partial charge is 0.325 e. The molecule has 3 N–H and O–H groups in total. The summed E-state index contributed by atoms with van der Waals surface area (Å²) in [7, 11) is 0. The molecule has 0 fully saturated rings. The number of halogens is 1. The minimum absolute atomic E-state index is 0.235. The third kappa shape index (κ3) is 4.40. The normalized spacial score (nSPS) is 11.7. The van der Waals surface area contributed by atoms with Crippen LogP contribution in [0.15, 0.2) is 24.3 Å². The van der Waals surface area contributed by atoms with E-state index in [9.17, 15) is 14.0 Å². The van der Waals surface area contributed by atoms with Crippen molar-refractivity contribution in [3.8, 4) is 0 Å². The summed E-state index contributed by atoms with van der Waals surface area (Å²) < 4.78 is 13.2. The van der Waals surface area contributed by atoms with E-state index < -0.39 is 18.0 Å². The zero-order valence-corrected chi connectivity index (χ0v) is 9.94. The first-order valence-corrected chi connectivity index (χ1v) is 5.51. The van der Waals surface area contributed by atoms with E-state index in [1.807, 2.05) is 0 Å². The Morgan fingerprint density at radius 2 is 2.06 bits per heavy atom. The first-order chi connectivity index (χ1) is 8.50. The van der Waals surface area contributed by atoms with E-state index in [-0.39, 0.29) is 12.4 Å². The molecule has 0 aliphatic heterocycles. The van der Waals surface area contributed by atoms with Gasteiger partial charge < -0.3 is 15.7 Å². The molecule has 1 rings (SSSR count). The molecule has 1 atom stereocenters. The summed E-state index contributed by atoms with van der Waals surface area (Å²) in [5.74, 6) is -1.43.